The van der Waals surface area contributed by atoms with E-state index >= 15 is 0 Å². The Bertz CT molecular complexity index is 1120. The maximum atomic E-state index is 13.0. The second-order valence-corrected chi connectivity index (χ2v) is 7.81. The van der Waals surface area contributed by atoms with E-state index in [0.29, 0.717) is 23.1 Å². The van der Waals surface area contributed by atoms with Crippen molar-refractivity contribution in [2.45, 2.75) is 18.0 Å². The maximum Gasteiger partial charge on any atom is 0.405 e. The summed E-state index contributed by atoms with van der Waals surface area (Å²) in [7, 11) is -4.07. The van der Waals surface area contributed by atoms with Crippen LogP contribution in [0, 0.1) is 0 Å². The number of sulfonamides is 1. The fourth-order valence-corrected chi connectivity index (χ4v) is 4.17. The molecule has 0 aliphatic heterocycles. The van der Waals surface area contributed by atoms with Crippen LogP contribution in [-0.4, -0.2) is 27.7 Å². The molecule has 3 aromatic carbocycles. The highest BCUT2D eigenvalue weighted by molar-refractivity contribution is 7.93. The summed E-state index contributed by atoms with van der Waals surface area (Å²) in [6.07, 6.45) is -4.43. The number of hydrogen-bond donors (Lipinski definition) is 2. The predicted octanol–water partition coefficient (Wildman–Crippen LogP) is 5.01. The zero-order chi connectivity index (χ0) is 21.1. The summed E-state index contributed by atoms with van der Waals surface area (Å²) >= 11 is 0. The summed E-state index contributed by atoms with van der Waals surface area (Å²) < 4.78 is 71.6. The van der Waals surface area contributed by atoms with Gasteiger partial charge in [0.05, 0.1) is 22.9 Å². The van der Waals surface area contributed by atoms with Gasteiger partial charge in [-0.2, -0.15) is 13.2 Å². The molecule has 0 unspecified atom stereocenters. The van der Waals surface area contributed by atoms with Crippen molar-refractivity contribution in [2.24, 2.45) is 0 Å². The van der Waals surface area contributed by atoms with E-state index in [2.05, 4.69) is 10.0 Å². The van der Waals surface area contributed by atoms with Crippen LogP contribution in [-0.2, 0) is 10.0 Å². The van der Waals surface area contributed by atoms with E-state index in [1.807, 2.05) is 6.92 Å². The number of anilines is 2. The first-order valence-corrected chi connectivity index (χ1v) is 10.3. The molecule has 0 saturated heterocycles. The van der Waals surface area contributed by atoms with Crippen molar-refractivity contribution in [2.75, 3.05) is 23.2 Å². The van der Waals surface area contributed by atoms with Gasteiger partial charge in [-0.1, -0.05) is 36.4 Å². The van der Waals surface area contributed by atoms with Crippen LogP contribution in [0.3, 0.4) is 0 Å². The standard InChI is InChI=1S/C20H19F3N2O3S/c1-2-28-18-11-12-19(15-8-4-3-7-14(15)18)29(26,27)25-17-10-6-5-9-16(17)24-13-20(21,22)23/h3-12,24-25H,2,13H2,1H3. The molecule has 0 aromatic heterocycles. The second kappa shape index (κ2) is 8.20. The first-order valence-electron chi connectivity index (χ1n) is 8.78. The molecule has 0 saturated carbocycles. The highest BCUT2D eigenvalue weighted by atomic mass is 32.2. The number of fused-ring (bicyclic) bond motifs is 1. The number of halogens is 3. The lowest BCUT2D eigenvalue weighted by atomic mass is 10.1. The SMILES string of the molecule is CCOc1ccc(S(=O)(=O)Nc2ccccc2NCC(F)(F)F)c2ccccc12. The highest BCUT2D eigenvalue weighted by Crippen LogP contribution is 2.33. The molecule has 0 amide bonds. The molecule has 3 rings (SSSR count). The van der Waals surface area contributed by atoms with Gasteiger partial charge >= 0.3 is 6.18 Å². The summed E-state index contributed by atoms with van der Waals surface area (Å²) in [5.41, 5.74) is 0.0540. The number of ether oxygens (including phenoxy) is 1. The Balaban J connectivity index is 1.99. The van der Waals surface area contributed by atoms with Crippen LogP contribution < -0.4 is 14.8 Å². The van der Waals surface area contributed by atoms with Gasteiger partial charge in [0.1, 0.15) is 12.3 Å². The molecule has 9 heteroatoms. The lowest BCUT2D eigenvalue weighted by Crippen LogP contribution is -2.22. The van der Waals surface area contributed by atoms with Gasteiger partial charge in [0.25, 0.3) is 10.0 Å². The summed E-state index contributed by atoms with van der Waals surface area (Å²) in [5, 5.41) is 3.29. The van der Waals surface area contributed by atoms with Crippen LogP contribution in [0.15, 0.2) is 65.6 Å². The summed E-state index contributed by atoms with van der Waals surface area (Å²) in [6, 6.07) is 15.7. The molecule has 3 aromatic rings. The Morgan fingerprint density at radius 3 is 2.17 bits per heavy atom. The minimum atomic E-state index is -4.43. The van der Waals surface area contributed by atoms with Crippen molar-refractivity contribution >= 4 is 32.2 Å². The third kappa shape index (κ3) is 4.92. The molecule has 0 heterocycles. The molecule has 0 spiro atoms. The molecule has 154 valence electrons. The minimum absolute atomic E-state index is 0.00202. The normalized spacial score (nSPS) is 12.0. The molecule has 0 aliphatic carbocycles. The largest absolute Gasteiger partial charge is 0.493 e. The molecule has 0 atom stereocenters. The second-order valence-electron chi connectivity index (χ2n) is 6.16. The minimum Gasteiger partial charge on any atom is -0.493 e. The molecule has 0 radical (unpaired) electrons. The summed E-state index contributed by atoms with van der Waals surface area (Å²) in [5.74, 6) is 0.550. The first kappa shape index (κ1) is 20.8. The number of rotatable bonds is 7. The Morgan fingerprint density at radius 1 is 0.897 bits per heavy atom. The monoisotopic (exact) mass is 424 g/mol. The Kier molecular flexibility index (Phi) is 5.88. The van der Waals surface area contributed by atoms with Crippen LogP contribution in [0.1, 0.15) is 6.92 Å². The third-order valence-electron chi connectivity index (χ3n) is 4.08. The lowest BCUT2D eigenvalue weighted by molar-refractivity contribution is -0.115. The van der Waals surface area contributed by atoms with Crippen LogP contribution in [0.4, 0.5) is 24.5 Å². The van der Waals surface area contributed by atoms with E-state index in [9.17, 15) is 21.6 Å². The van der Waals surface area contributed by atoms with Crippen molar-refractivity contribution in [1.82, 2.24) is 0 Å². The Labute approximate surface area is 166 Å². The van der Waals surface area contributed by atoms with Gasteiger partial charge in [-0.25, -0.2) is 8.42 Å². The summed E-state index contributed by atoms with van der Waals surface area (Å²) in [4.78, 5) is 0.00202. The number of nitrogens with one attached hydrogen (secondary N) is 2. The lowest BCUT2D eigenvalue weighted by Gasteiger charge is -2.17. The molecule has 2 N–H and O–H groups in total. The first-order chi connectivity index (χ1) is 13.7. The third-order valence-corrected chi connectivity index (χ3v) is 5.51. The van der Waals surface area contributed by atoms with Gasteiger partial charge in [0, 0.05) is 10.8 Å². The van der Waals surface area contributed by atoms with Crippen LogP contribution in [0.25, 0.3) is 10.8 Å². The smallest absolute Gasteiger partial charge is 0.405 e. The van der Waals surface area contributed by atoms with Gasteiger partial charge < -0.3 is 10.1 Å². The van der Waals surface area contributed by atoms with Crippen LogP contribution in [0.2, 0.25) is 0 Å². The zero-order valence-electron chi connectivity index (χ0n) is 15.5. The fraction of sp³-hybridized carbons (Fsp3) is 0.200. The zero-order valence-corrected chi connectivity index (χ0v) is 16.3. The summed E-state index contributed by atoms with van der Waals surface area (Å²) in [6.45, 7) is 0.968. The van der Waals surface area contributed by atoms with Crippen molar-refractivity contribution in [3.63, 3.8) is 0 Å². The van der Waals surface area contributed by atoms with Crippen LogP contribution in [0.5, 0.6) is 5.75 Å². The fourth-order valence-electron chi connectivity index (χ4n) is 2.88. The predicted molar refractivity (Wildman–Crippen MR) is 107 cm³/mol. The van der Waals surface area contributed by atoms with Gasteiger partial charge in [-0.15, -0.1) is 0 Å². The van der Waals surface area contributed by atoms with Gasteiger partial charge in [-0.05, 0) is 31.2 Å². The number of para-hydroxylation sites is 2. The van der Waals surface area contributed by atoms with E-state index in [0.717, 1.165) is 0 Å². The number of hydrogen-bond acceptors (Lipinski definition) is 4. The quantitative estimate of drug-likeness (QED) is 0.559. The average Bonchev–Trinajstić information content (AvgIpc) is 2.66. The van der Waals surface area contributed by atoms with Crippen molar-refractivity contribution in [3.05, 3.63) is 60.7 Å². The number of alkyl halides is 3. The maximum absolute atomic E-state index is 13.0. The Hall–Kier alpha value is -2.94. The van der Waals surface area contributed by atoms with Gasteiger partial charge in [0.15, 0.2) is 0 Å². The van der Waals surface area contributed by atoms with E-state index in [4.69, 9.17) is 4.74 Å². The topological polar surface area (TPSA) is 67.4 Å². The van der Waals surface area contributed by atoms with E-state index in [1.165, 1.54) is 30.3 Å². The molecule has 29 heavy (non-hydrogen) atoms. The van der Waals surface area contributed by atoms with Crippen molar-refractivity contribution in [1.29, 1.82) is 0 Å². The van der Waals surface area contributed by atoms with Crippen molar-refractivity contribution < 1.29 is 26.3 Å². The molecule has 0 fully saturated rings. The average molecular weight is 424 g/mol. The molecule has 0 bridgehead atoms. The highest BCUT2D eigenvalue weighted by Gasteiger charge is 2.27. The number of benzene rings is 3. The Morgan fingerprint density at radius 2 is 1.52 bits per heavy atom. The van der Waals surface area contributed by atoms with E-state index in [1.54, 1.807) is 30.3 Å². The van der Waals surface area contributed by atoms with Gasteiger partial charge in [-0.3, -0.25) is 4.72 Å². The molecular formula is C20H19F3N2O3S. The molecule has 5 nitrogen and oxygen atoms in total. The van der Waals surface area contributed by atoms with Crippen molar-refractivity contribution in [3.8, 4) is 5.75 Å². The van der Waals surface area contributed by atoms with Gasteiger partial charge in [0.2, 0.25) is 0 Å². The molecular weight excluding hydrogens is 405 g/mol. The molecule has 0 aliphatic rings. The van der Waals surface area contributed by atoms with E-state index in [-0.39, 0.29) is 16.3 Å². The van der Waals surface area contributed by atoms with E-state index < -0.39 is 22.7 Å². The van der Waals surface area contributed by atoms with Crippen LogP contribution >= 0.6 is 0 Å².